The topological polar surface area (TPSA) is 86.3 Å². The Morgan fingerprint density at radius 2 is 1.20 bits per heavy atom. The fourth-order valence-electron chi connectivity index (χ4n) is 6.45. The number of allylic oxidation sites excluding steroid dienone is 10. The smallest absolute Gasteiger partial charge is 0.258 e. The van der Waals surface area contributed by atoms with E-state index in [-0.39, 0.29) is 26.6 Å². The van der Waals surface area contributed by atoms with Crippen LogP contribution in [0.3, 0.4) is 0 Å². The van der Waals surface area contributed by atoms with E-state index >= 15 is 0 Å². The van der Waals surface area contributed by atoms with Crippen molar-refractivity contribution >= 4 is 23.5 Å². The molecule has 1 fully saturated rings. The molecular formula is C38H38N2O4. The van der Waals surface area contributed by atoms with Gasteiger partial charge in [0.15, 0.2) is 0 Å². The van der Waals surface area contributed by atoms with Crippen LogP contribution in [0.1, 0.15) is 75.8 Å². The number of hydrogen-bond acceptors (Lipinski definition) is 4. The molecule has 44 heavy (non-hydrogen) atoms. The molecule has 6 nitrogen and oxygen atoms in total. The summed E-state index contributed by atoms with van der Waals surface area (Å²) >= 11 is 0. The Labute approximate surface area is 259 Å². The molecule has 2 aromatic carbocycles. The zero-order valence-corrected chi connectivity index (χ0v) is 25.2. The van der Waals surface area contributed by atoms with E-state index in [9.17, 15) is 20.2 Å². The summed E-state index contributed by atoms with van der Waals surface area (Å²) in [4.78, 5) is 21.1. The number of hydrogen-bond donors (Lipinski definition) is 0. The number of benzene rings is 2. The predicted octanol–water partition coefficient (Wildman–Crippen LogP) is 10.4. The predicted molar refractivity (Wildman–Crippen MR) is 177 cm³/mol. The Balaban J connectivity index is 1.34. The summed E-state index contributed by atoms with van der Waals surface area (Å²) in [5.74, 6) is 0.796. The highest BCUT2D eigenvalue weighted by molar-refractivity contribution is 5.56. The van der Waals surface area contributed by atoms with Crippen LogP contribution in [0.2, 0.25) is 0 Å². The summed E-state index contributed by atoms with van der Waals surface area (Å²) in [6.45, 7) is 2.27. The van der Waals surface area contributed by atoms with Crippen molar-refractivity contribution in [1.82, 2.24) is 0 Å². The molecule has 6 heteroatoms. The van der Waals surface area contributed by atoms with Crippen molar-refractivity contribution in [2.45, 2.75) is 64.7 Å². The SMILES string of the molecule is CCCCC1CCC(C2=CCC(=C=Cc3ccc([N+](=O)[O-])cc3)C=C2)(C2=CCC(=C=Cc3ccc([N+](=O)[O-])cc3)C=C2)CC1. The minimum absolute atomic E-state index is 0.00304. The maximum absolute atomic E-state index is 10.9. The van der Waals surface area contributed by atoms with Crippen molar-refractivity contribution in [3.8, 4) is 0 Å². The van der Waals surface area contributed by atoms with Crippen LogP contribution in [0.4, 0.5) is 11.4 Å². The second kappa shape index (κ2) is 14.1. The molecule has 0 saturated heterocycles. The maximum Gasteiger partial charge on any atom is 0.269 e. The van der Waals surface area contributed by atoms with Crippen molar-refractivity contribution < 1.29 is 9.85 Å². The van der Waals surface area contributed by atoms with E-state index in [0.29, 0.717) is 0 Å². The fourth-order valence-corrected chi connectivity index (χ4v) is 6.45. The first-order chi connectivity index (χ1) is 21.4. The second-order valence-corrected chi connectivity index (χ2v) is 11.9. The number of nitro benzene ring substituents is 2. The van der Waals surface area contributed by atoms with E-state index < -0.39 is 0 Å². The summed E-state index contributed by atoms with van der Waals surface area (Å²) in [6, 6.07) is 13.1. The Bertz CT molecular complexity index is 1530. The molecule has 0 aromatic heterocycles. The van der Waals surface area contributed by atoms with E-state index in [4.69, 9.17) is 0 Å². The molecule has 3 aliphatic carbocycles. The molecule has 1 saturated carbocycles. The Kier molecular flexibility index (Phi) is 9.86. The first-order valence-corrected chi connectivity index (χ1v) is 15.5. The van der Waals surface area contributed by atoms with Gasteiger partial charge in [-0.05, 0) is 114 Å². The van der Waals surface area contributed by atoms with Crippen LogP contribution in [0.25, 0.3) is 12.2 Å². The molecular weight excluding hydrogens is 548 g/mol. The van der Waals surface area contributed by atoms with Gasteiger partial charge in [0.25, 0.3) is 11.4 Å². The summed E-state index contributed by atoms with van der Waals surface area (Å²) < 4.78 is 0. The summed E-state index contributed by atoms with van der Waals surface area (Å²) in [5, 5.41) is 21.9. The second-order valence-electron chi connectivity index (χ2n) is 11.9. The van der Waals surface area contributed by atoms with Crippen molar-refractivity contribution in [3.05, 3.63) is 150 Å². The van der Waals surface area contributed by atoms with Crippen molar-refractivity contribution in [1.29, 1.82) is 0 Å². The number of nitro groups is 2. The van der Waals surface area contributed by atoms with E-state index in [0.717, 1.165) is 53.9 Å². The van der Waals surface area contributed by atoms with Crippen LogP contribution in [-0.4, -0.2) is 9.85 Å². The summed E-state index contributed by atoms with van der Waals surface area (Å²) in [5.41, 5.74) is 13.7. The standard InChI is InChI=1S/C38H38N2O4/c1-2-3-4-29-25-27-38(28-26-29,34-17-9-30(10-18-34)5-7-32-13-21-36(22-14-32)39(41)42)35-19-11-31(12-20-35)6-8-33-15-23-37(24-16-33)40(43)44/h7-9,11,13-24,29H,2-4,10,12,25-28H2,1H3. The van der Waals surface area contributed by atoms with E-state index in [1.165, 1.54) is 67.5 Å². The molecule has 2 aromatic rings. The molecule has 0 unspecified atom stereocenters. The molecule has 3 aliphatic rings. The highest BCUT2D eigenvalue weighted by Crippen LogP contribution is 2.53. The molecule has 5 rings (SSSR count). The monoisotopic (exact) mass is 586 g/mol. The van der Waals surface area contributed by atoms with Crippen molar-refractivity contribution in [2.24, 2.45) is 11.3 Å². The third-order valence-electron chi connectivity index (χ3n) is 9.10. The average molecular weight is 587 g/mol. The largest absolute Gasteiger partial charge is 0.269 e. The molecule has 0 heterocycles. The number of non-ortho nitro benzene ring substituents is 2. The van der Waals surface area contributed by atoms with Gasteiger partial charge in [0.2, 0.25) is 0 Å². The van der Waals surface area contributed by atoms with Gasteiger partial charge in [0.05, 0.1) is 9.85 Å². The van der Waals surface area contributed by atoms with E-state index in [2.05, 4.69) is 54.8 Å². The third-order valence-corrected chi connectivity index (χ3v) is 9.10. The molecule has 224 valence electrons. The lowest BCUT2D eigenvalue weighted by atomic mass is 9.60. The van der Waals surface area contributed by atoms with Crippen LogP contribution >= 0.6 is 0 Å². The maximum atomic E-state index is 10.9. The van der Waals surface area contributed by atoms with Crippen LogP contribution in [-0.2, 0) is 0 Å². The van der Waals surface area contributed by atoms with Gasteiger partial charge in [0, 0.05) is 29.7 Å². The van der Waals surface area contributed by atoms with Gasteiger partial charge in [-0.1, -0.05) is 62.6 Å². The van der Waals surface area contributed by atoms with Gasteiger partial charge in [-0.15, -0.1) is 11.5 Å². The first kappa shape index (κ1) is 30.7. The molecule has 0 spiro atoms. The summed E-state index contributed by atoms with van der Waals surface area (Å²) in [6.07, 6.45) is 27.6. The fraction of sp³-hybridized carbons (Fsp3) is 0.316. The van der Waals surface area contributed by atoms with Gasteiger partial charge >= 0.3 is 0 Å². The molecule has 0 amide bonds. The Hall–Kier alpha value is -4.76. The van der Waals surface area contributed by atoms with Crippen LogP contribution in [0.5, 0.6) is 0 Å². The highest BCUT2D eigenvalue weighted by atomic mass is 16.6. The average Bonchev–Trinajstić information content (AvgIpc) is 3.06. The number of rotatable bonds is 9. The van der Waals surface area contributed by atoms with Crippen molar-refractivity contribution in [2.75, 3.05) is 0 Å². The quantitative estimate of drug-likeness (QED) is 0.166. The lowest BCUT2D eigenvalue weighted by Gasteiger charge is -2.44. The lowest BCUT2D eigenvalue weighted by molar-refractivity contribution is -0.385. The van der Waals surface area contributed by atoms with Gasteiger partial charge in [-0.2, -0.15) is 0 Å². The minimum Gasteiger partial charge on any atom is -0.258 e. The number of nitrogens with zero attached hydrogens (tertiary/aromatic N) is 2. The van der Waals surface area contributed by atoms with Crippen LogP contribution in [0, 0.1) is 31.6 Å². The third kappa shape index (κ3) is 7.41. The molecule has 0 aliphatic heterocycles. The zero-order chi connectivity index (χ0) is 30.9. The minimum atomic E-state index is -0.387. The van der Waals surface area contributed by atoms with E-state index in [1.54, 1.807) is 24.3 Å². The molecule has 0 N–H and O–H groups in total. The van der Waals surface area contributed by atoms with Crippen LogP contribution in [0.15, 0.2) is 119 Å². The van der Waals surface area contributed by atoms with Gasteiger partial charge in [0.1, 0.15) is 0 Å². The van der Waals surface area contributed by atoms with E-state index in [1.807, 2.05) is 12.2 Å². The molecule has 0 atom stereocenters. The van der Waals surface area contributed by atoms with Crippen molar-refractivity contribution in [3.63, 3.8) is 0 Å². The Morgan fingerprint density at radius 1 is 0.750 bits per heavy atom. The summed E-state index contributed by atoms with van der Waals surface area (Å²) in [7, 11) is 0. The molecule has 0 radical (unpaired) electrons. The first-order valence-electron chi connectivity index (χ1n) is 15.5. The van der Waals surface area contributed by atoms with Crippen LogP contribution < -0.4 is 0 Å². The lowest BCUT2D eigenvalue weighted by Crippen LogP contribution is -2.31. The normalized spacial score (nSPS) is 21.1. The highest BCUT2D eigenvalue weighted by Gasteiger charge is 2.40. The molecule has 0 bridgehead atoms. The van der Waals surface area contributed by atoms with Gasteiger partial charge < -0.3 is 0 Å². The van der Waals surface area contributed by atoms with Gasteiger partial charge in [-0.3, -0.25) is 20.2 Å². The Morgan fingerprint density at radius 3 is 1.57 bits per heavy atom. The zero-order valence-electron chi connectivity index (χ0n) is 25.2. The number of unbranched alkanes of at least 4 members (excludes halogenated alkanes) is 1. The van der Waals surface area contributed by atoms with Gasteiger partial charge in [-0.25, -0.2) is 0 Å².